The smallest absolute Gasteiger partial charge is 0.311 e. The van der Waals surface area contributed by atoms with E-state index >= 15 is 0 Å². The summed E-state index contributed by atoms with van der Waals surface area (Å²) in [5, 5.41) is -0.0126. The molecule has 3 rings (SSSR count). The number of rotatable bonds is 4. The van der Waals surface area contributed by atoms with Crippen LogP contribution < -0.4 is 4.90 Å². The van der Waals surface area contributed by atoms with Crippen molar-refractivity contribution in [3.8, 4) is 0 Å². The van der Waals surface area contributed by atoms with Gasteiger partial charge in [-0.15, -0.1) is 0 Å². The molecule has 0 spiro atoms. The maximum Gasteiger partial charge on any atom is 0.311 e. The molecule has 3 aromatic rings. The summed E-state index contributed by atoms with van der Waals surface area (Å²) in [4.78, 5) is 7.82. The molecule has 0 unspecified atom stereocenters. The summed E-state index contributed by atoms with van der Waals surface area (Å²) >= 11 is 2.97. The molecule has 0 aliphatic heterocycles. The van der Waals surface area contributed by atoms with E-state index in [2.05, 4.69) is 25.9 Å². The summed E-state index contributed by atoms with van der Waals surface area (Å²) in [5.41, 5.74) is -0.239. The first kappa shape index (κ1) is 17.5. The van der Waals surface area contributed by atoms with E-state index in [4.69, 9.17) is 0 Å². The van der Waals surface area contributed by atoms with Crippen molar-refractivity contribution in [2.75, 3.05) is 11.4 Å². The molecule has 0 atom stereocenters. The molecule has 0 fully saturated rings. The van der Waals surface area contributed by atoms with Gasteiger partial charge in [-0.2, -0.15) is 9.37 Å². The molecule has 9 heteroatoms. The summed E-state index contributed by atoms with van der Waals surface area (Å²) in [6.45, 7) is -0.963. The molecule has 0 radical (unpaired) electrons. The first-order valence-corrected chi connectivity index (χ1v) is 7.78. The van der Waals surface area contributed by atoms with Gasteiger partial charge >= 0.3 is 6.08 Å². The van der Waals surface area contributed by atoms with Crippen molar-refractivity contribution < 1.29 is 22.0 Å². The molecule has 0 N–H and O–H groups in total. The molecule has 25 heavy (non-hydrogen) atoms. The molecule has 1 heterocycles. The lowest BCUT2D eigenvalue weighted by Crippen LogP contribution is -2.26. The van der Waals surface area contributed by atoms with Crippen LogP contribution in [0.25, 0.3) is 10.9 Å². The van der Waals surface area contributed by atoms with Crippen molar-refractivity contribution >= 4 is 38.3 Å². The fourth-order valence-corrected chi connectivity index (χ4v) is 2.76. The maximum absolute atomic E-state index is 14.4. The highest BCUT2D eigenvalue weighted by Gasteiger charge is 2.23. The number of fused-ring (bicyclic) bond motifs is 1. The Morgan fingerprint density at radius 2 is 1.80 bits per heavy atom. The highest BCUT2D eigenvalue weighted by atomic mass is 79.9. The quantitative estimate of drug-likeness (QED) is 0.430. The molecule has 0 aliphatic carbocycles. The van der Waals surface area contributed by atoms with Gasteiger partial charge < -0.3 is 4.90 Å². The third-order valence-electron chi connectivity index (χ3n) is 3.41. The number of aromatic nitrogens is 2. The first-order valence-electron chi connectivity index (χ1n) is 6.99. The van der Waals surface area contributed by atoms with Gasteiger partial charge in [0.25, 0.3) is 6.43 Å². The van der Waals surface area contributed by atoms with E-state index in [1.807, 2.05) is 0 Å². The van der Waals surface area contributed by atoms with Crippen LogP contribution in [0.2, 0.25) is 0 Å². The van der Waals surface area contributed by atoms with Gasteiger partial charge in [0.05, 0.1) is 22.2 Å². The van der Waals surface area contributed by atoms with E-state index in [0.29, 0.717) is 0 Å². The zero-order valence-electron chi connectivity index (χ0n) is 12.4. The lowest BCUT2D eigenvalue weighted by atomic mass is 10.2. The summed E-state index contributed by atoms with van der Waals surface area (Å²) in [6, 6.07) is 7.29. The van der Waals surface area contributed by atoms with Crippen molar-refractivity contribution in [3.05, 3.63) is 58.6 Å². The Balaban J connectivity index is 2.28. The Kier molecular flexibility index (Phi) is 4.85. The van der Waals surface area contributed by atoms with Crippen LogP contribution in [0.4, 0.5) is 33.5 Å². The van der Waals surface area contributed by atoms with Gasteiger partial charge in [0.15, 0.2) is 5.82 Å². The van der Waals surface area contributed by atoms with Crippen LogP contribution in [0.1, 0.15) is 0 Å². The number of alkyl halides is 2. The molecule has 0 bridgehead atoms. The Bertz CT molecular complexity index is 935. The van der Waals surface area contributed by atoms with E-state index in [1.165, 1.54) is 24.3 Å². The number of benzene rings is 2. The van der Waals surface area contributed by atoms with Crippen molar-refractivity contribution in [1.82, 2.24) is 9.97 Å². The van der Waals surface area contributed by atoms with Gasteiger partial charge in [-0.25, -0.2) is 22.5 Å². The largest absolute Gasteiger partial charge is 0.317 e. The minimum Gasteiger partial charge on any atom is -0.317 e. The molecule has 0 saturated carbocycles. The van der Waals surface area contributed by atoms with Crippen LogP contribution in [0.3, 0.4) is 0 Å². The van der Waals surface area contributed by atoms with Crippen LogP contribution in [0.5, 0.6) is 0 Å². The summed E-state index contributed by atoms with van der Waals surface area (Å²) < 4.78 is 68.0. The zero-order chi connectivity index (χ0) is 18.1. The topological polar surface area (TPSA) is 29.0 Å². The summed E-state index contributed by atoms with van der Waals surface area (Å²) in [5.74, 6) is -1.86. The fourth-order valence-electron chi connectivity index (χ4n) is 2.40. The van der Waals surface area contributed by atoms with Crippen LogP contribution in [-0.4, -0.2) is 22.9 Å². The molecular formula is C16H9BrF5N3. The van der Waals surface area contributed by atoms with Crippen molar-refractivity contribution in [2.24, 2.45) is 0 Å². The van der Waals surface area contributed by atoms with Gasteiger partial charge in [-0.1, -0.05) is 6.07 Å². The van der Waals surface area contributed by atoms with Gasteiger partial charge in [0, 0.05) is 5.39 Å². The van der Waals surface area contributed by atoms with E-state index < -0.39 is 30.7 Å². The predicted octanol–water partition coefficient (Wildman–Crippen LogP) is 5.21. The lowest BCUT2D eigenvalue weighted by Gasteiger charge is -2.25. The highest BCUT2D eigenvalue weighted by molar-refractivity contribution is 9.10. The molecule has 0 amide bonds. The van der Waals surface area contributed by atoms with E-state index in [1.54, 1.807) is 0 Å². The third-order valence-corrected chi connectivity index (χ3v) is 4.02. The Morgan fingerprint density at radius 3 is 2.52 bits per heavy atom. The summed E-state index contributed by atoms with van der Waals surface area (Å²) in [6.07, 6.45) is -4.07. The normalized spacial score (nSPS) is 11.3. The van der Waals surface area contributed by atoms with Gasteiger partial charge in [0.1, 0.15) is 11.6 Å². The number of anilines is 2. The number of nitrogens with zero attached hydrogens (tertiary/aromatic N) is 3. The monoisotopic (exact) mass is 417 g/mol. The Hall–Kier alpha value is -2.29. The standard InChI is InChI=1S/C16H9BrF5N3/c17-10-2-1-3-12(14(10)21)25(7-13(19)20)15-9-6-8(18)4-5-11(9)23-16(22)24-15/h1-6,13H,7H2. The van der Waals surface area contributed by atoms with Crippen molar-refractivity contribution in [3.63, 3.8) is 0 Å². The predicted molar refractivity (Wildman–Crippen MR) is 86.6 cm³/mol. The van der Waals surface area contributed by atoms with Crippen molar-refractivity contribution in [1.29, 1.82) is 0 Å². The fraction of sp³-hybridized carbons (Fsp3) is 0.125. The number of hydrogen-bond acceptors (Lipinski definition) is 3. The SMILES string of the molecule is Fc1ccc2nc(F)nc(N(CC(F)F)c3cccc(Br)c3F)c2c1. The Morgan fingerprint density at radius 1 is 1.04 bits per heavy atom. The second kappa shape index (κ2) is 6.91. The van der Waals surface area contributed by atoms with Crippen LogP contribution in [0, 0.1) is 17.7 Å². The molecule has 0 saturated heterocycles. The average Bonchev–Trinajstić information content (AvgIpc) is 2.55. The second-order valence-corrected chi connectivity index (χ2v) is 5.91. The van der Waals surface area contributed by atoms with Gasteiger partial charge in [-0.3, -0.25) is 0 Å². The minimum absolute atomic E-state index is 0.0126. The van der Waals surface area contributed by atoms with E-state index in [-0.39, 0.29) is 26.9 Å². The summed E-state index contributed by atoms with van der Waals surface area (Å²) in [7, 11) is 0. The number of hydrogen-bond donors (Lipinski definition) is 0. The molecule has 130 valence electrons. The van der Waals surface area contributed by atoms with Crippen LogP contribution in [0.15, 0.2) is 40.9 Å². The zero-order valence-corrected chi connectivity index (χ0v) is 13.9. The maximum atomic E-state index is 14.4. The average molecular weight is 418 g/mol. The second-order valence-electron chi connectivity index (χ2n) is 5.05. The first-order chi connectivity index (χ1) is 11.9. The number of halogens is 6. The lowest BCUT2D eigenvalue weighted by molar-refractivity contribution is 0.157. The van der Waals surface area contributed by atoms with Crippen LogP contribution in [-0.2, 0) is 0 Å². The highest BCUT2D eigenvalue weighted by Crippen LogP contribution is 2.34. The van der Waals surface area contributed by atoms with Crippen molar-refractivity contribution in [2.45, 2.75) is 6.43 Å². The van der Waals surface area contributed by atoms with Gasteiger partial charge in [0.2, 0.25) is 0 Å². The van der Waals surface area contributed by atoms with E-state index in [9.17, 15) is 22.0 Å². The molecule has 3 nitrogen and oxygen atoms in total. The third kappa shape index (κ3) is 3.55. The molecular weight excluding hydrogens is 409 g/mol. The van der Waals surface area contributed by atoms with Crippen LogP contribution >= 0.6 is 15.9 Å². The molecule has 2 aromatic carbocycles. The van der Waals surface area contributed by atoms with E-state index in [0.717, 1.165) is 17.0 Å². The molecule has 0 aliphatic rings. The molecule has 1 aromatic heterocycles. The van der Waals surface area contributed by atoms with Gasteiger partial charge in [-0.05, 0) is 46.3 Å². The Labute approximate surface area is 147 Å². The minimum atomic E-state index is -2.87.